The summed E-state index contributed by atoms with van der Waals surface area (Å²) in [5.74, 6) is 0.572. The van der Waals surface area contributed by atoms with Crippen LogP contribution >= 0.6 is 0 Å². The van der Waals surface area contributed by atoms with Crippen LogP contribution in [0.4, 0.5) is 5.69 Å². The number of hydrogen-bond acceptors (Lipinski definition) is 3. The predicted octanol–water partition coefficient (Wildman–Crippen LogP) is 1.43. The Morgan fingerprint density at radius 2 is 2.05 bits per heavy atom. The third-order valence-electron chi connectivity index (χ3n) is 3.95. The first-order valence-electron chi connectivity index (χ1n) is 6.82. The van der Waals surface area contributed by atoms with E-state index in [2.05, 4.69) is 5.32 Å². The number of hydrogen-bond donors (Lipinski definition) is 1. The van der Waals surface area contributed by atoms with Crippen LogP contribution in [-0.2, 0) is 16.0 Å². The van der Waals surface area contributed by atoms with E-state index in [-0.39, 0.29) is 11.8 Å². The highest BCUT2D eigenvalue weighted by Crippen LogP contribution is 2.48. The number of amides is 2. The Morgan fingerprint density at radius 1 is 1.30 bits per heavy atom. The zero-order valence-corrected chi connectivity index (χ0v) is 11.7. The molecular weight excluding hydrogens is 256 g/mol. The van der Waals surface area contributed by atoms with Gasteiger partial charge in [-0.2, -0.15) is 0 Å². The van der Waals surface area contributed by atoms with Crippen molar-refractivity contribution >= 4 is 17.5 Å². The van der Waals surface area contributed by atoms with E-state index in [0.29, 0.717) is 19.4 Å². The molecule has 5 heteroatoms. The van der Waals surface area contributed by atoms with Gasteiger partial charge in [0.2, 0.25) is 11.8 Å². The Bertz CT molecular complexity index is 576. The molecule has 0 spiro atoms. The summed E-state index contributed by atoms with van der Waals surface area (Å²) in [6.45, 7) is 0.690. The van der Waals surface area contributed by atoms with E-state index < -0.39 is 5.41 Å². The predicted molar refractivity (Wildman–Crippen MR) is 74.6 cm³/mol. The molecule has 1 aliphatic heterocycles. The van der Waals surface area contributed by atoms with Gasteiger partial charge in [0.05, 0.1) is 6.61 Å². The minimum Gasteiger partial charge on any atom is -0.493 e. The molecule has 1 aromatic rings. The first-order valence-corrected chi connectivity index (χ1v) is 6.82. The Morgan fingerprint density at radius 3 is 2.70 bits per heavy atom. The van der Waals surface area contributed by atoms with Crippen LogP contribution in [-0.4, -0.2) is 37.4 Å². The van der Waals surface area contributed by atoms with Crippen molar-refractivity contribution in [2.75, 3.05) is 26.0 Å². The molecule has 0 bridgehead atoms. The van der Waals surface area contributed by atoms with Crippen LogP contribution in [0.15, 0.2) is 18.2 Å². The number of ether oxygens (including phenoxy) is 1. The Labute approximate surface area is 117 Å². The monoisotopic (exact) mass is 274 g/mol. The fourth-order valence-corrected chi connectivity index (χ4v) is 2.61. The van der Waals surface area contributed by atoms with Crippen molar-refractivity contribution in [1.82, 2.24) is 4.90 Å². The minimum absolute atomic E-state index is 0.112. The van der Waals surface area contributed by atoms with Crippen molar-refractivity contribution in [3.05, 3.63) is 23.8 Å². The second-order valence-electron chi connectivity index (χ2n) is 5.66. The SMILES string of the molecule is CN(C)C(=O)C1(C(=O)Nc2ccc3c(c2)CCO3)CC1. The molecule has 0 atom stereocenters. The Hall–Kier alpha value is -2.04. The van der Waals surface area contributed by atoms with Crippen LogP contribution in [0, 0.1) is 5.41 Å². The van der Waals surface area contributed by atoms with E-state index in [9.17, 15) is 9.59 Å². The van der Waals surface area contributed by atoms with Crippen LogP contribution < -0.4 is 10.1 Å². The smallest absolute Gasteiger partial charge is 0.240 e. The number of anilines is 1. The molecule has 0 aromatic heterocycles. The lowest BCUT2D eigenvalue weighted by Crippen LogP contribution is -2.39. The standard InChI is InChI=1S/C15H18N2O3/c1-17(2)14(19)15(6-7-15)13(18)16-11-3-4-12-10(9-11)5-8-20-12/h3-4,9H,5-8H2,1-2H3,(H,16,18). The summed E-state index contributed by atoms with van der Waals surface area (Å²) in [7, 11) is 3.37. The summed E-state index contributed by atoms with van der Waals surface area (Å²) in [5, 5.41) is 2.87. The summed E-state index contributed by atoms with van der Waals surface area (Å²) in [5.41, 5.74) is 0.989. The summed E-state index contributed by atoms with van der Waals surface area (Å²) in [4.78, 5) is 25.9. The molecule has 20 heavy (non-hydrogen) atoms. The summed E-state index contributed by atoms with van der Waals surface area (Å²) in [6, 6.07) is 5.61. The third-order valence-corrected chi connectivity index (χ3v) is 3.95. The van der Waals surface area contributed by atoms with Gasteiger partial charge in [-0.1, -0.05) is 0 Å². The lowest BCUT2D eigenvalue weighted by molar-refractivity contribution is -0.140. The molecule has 2 amide bonds. The van der Waals surface area contributed by atoms with Gasteiger partial charge in [0.25, 0.3) is 0 Å². The minimum atomic E-state index is -0.848. The molecule has 0 unspecified atom stereocenters. The van der Waals surface area contributed by atoms with E-state index in [1.54, 1.807) is 14.1 Å². The highest BCUT2D eigenvalue weighted by molar-refractivity contribution is 6.12. The average Bonchev–Trinajstić information content (AvgIpc) is 3.10. The van der Waals surface area contributed by atoms with Crippen LogP contribution in [0.1, 0.15) is 18.4 Å². The molecule has 0 saturated heterocycles. The van der Waals surface area contributed by atoms with Crippen molar-refractivity contribution in [3.8, 4) is 5.75 Å². The highest BCUT2D eigenvalue weighted by atomic mass is 16.5. The zero-order valence-electron chi connectivity index (χ0n) is 11.7. The van der Waals surface area contributed by atoms with Gasteiger partial charge >= 0.3 is 0 Å². The van der Waals surface area contributed by atoms with Gasteiger partial charge in [0.1, 0.15) is 11.2 Å². The molecule has 2 aliphatic rings. The van der Waals surface area contributed by atoms with E-state index >= 15 is 0 Å². The van der Waals surface area contributed by atoms with Crippen LogP contribution in [0.3, 0.4) is 0 Å². The fraction of sp³-hybridized carbons (Fsp3) is 0.467. The van der Waals surface area contributed by atoms with E-state index in [1.165, 1.54) is 4.90 Å². The number of benzene rings is 1. The van der Waals surface area contributed by atoms with Crippen LogP contribution in [0.5, 0.6) is 5.75 Å². The Kier molecular flexibility index (Phi) is 2.92. The van der Waals surface area contributed by atoms with Gasteiger partial charge in [-0.25, -0.2) is 0 Å². The molecule has 106 valence electrons. The molecule has 1 heterocycles. The van der Waals surface area contributed by atoms with E-state index in [1.807, 2.05) is 18.2 Å². The quantitative estimate of drug-likeness (QED) is 0.848. The largest absolute Gasteiger partial charge is 0.493 e. The normalized spacial score (nSPS) is 17.9. The van der Waals surface area contributed by atoms with Crippen LogP contribution in [0.2, 0.25) is 0 Å². The maximum absolute atomic E-state index is 12.4. The Balaban J connectivity index is 1.75. The number of carbonyl (C=O) groups excluding carboxylic acids is 2. The second-order valence-corrected chi connectivity index (χ2v) is 5.66. The maximum Gasteiger partial charge on any atom is 0.240 e. The van der Waals surface area contributed by atoms with Gasteiger partial charge in [0.15, 0.2) is 0 Å². The first kappa shape index (κ1) is 13.0. The summed E-state index contributed by atoms with van der Waals surface area (Å²) in [6.07, 6.45) is 2.12. The fourth-order valence-electron chi connectivity index (χ4n) is 2.61. The number of carbonyl (C=O) groups is 2. The molecule has 1 saturated carbocycles. The molecule has 1 aliphatic carbocycles. The number of rotatable bonds is 3. The van der Waals surface area contributed by atoms with Gasteiger partial charge in [-0.05, 0) is 36.6 Å². The van der Waals surface area contributed by atoms with E-state index in [0.717, 1.165) is 23.4 Å². The topological polar surface area (TPSA) is 58.6 Å². The molecule has 1 fully saturated rings. The number of nitrogens with zero attached hydrogens (tertiary/aromatic N) is 1. The second kappa shape index (κ2) is 4.51. The zero-order chi connectivity index (χ0) is 14.3. The molecule has 0 radical (unpaired) electrons. The lowest BCUT2D eigenvalue weighted by Gasteiger charge is -2.19. The number of nitrogens with one attached hydrogen (secondary N) is 1. The molecule has 1 N–H and O–H groups in total. The third kappa shape index (κ3) is 2.03. The van der Waals surface area contributed by atoms with Crippen molar-refractivity contribution in [2.45, 2.75) is 19.3 Å². The maximum atomic E-state index is 12.4. The van der Waals surface area contributed by atoms with Crippen molar-refractivity contribution in [3.63, 3.8) is 0 Å². The first-order chi connectivity index (χ1) is 9.53. The molecule has 3 rings (SSSR count). The summed E-state index contributed by atoms with van der Waals surface area (Å²) < 4.78 is 5.43. The van der Waals surface area contributed by atoms with Crippen molar-refractivity contribution in [1.29, 1.82) is 0 Å². The van der Waals surface area contributed by atoms with Crippen LogP contribution in [0.25, 0.3) is 0 Å². The van der Waals surface area contributed by atoms with E-state index in [4.69, 9.17) is 4.74 Å². The van der Waals surface area contributed by atoms with Crippen molar-refractivity contribution < 1.29 is 14.3 Å². The molecule has 1 aromatic carbocycles. The van der Waals surface area contributed by atoms with Gasteiger partial charge in [-0.3, -0.25) is 9.59 Å². The average molecular weight is 274 g/mol. The molecule has 5 nitrogen and oxygen atoms in total. The lowest BCUT2D eigenvalue weighted by atomic mass is 10.0. The van der Waals surface area contributed by atoms with Gasteiger partial charge < -0.3 is 15.0 Å². The molecular formula is C15H18N2O3. The highest BCUT2D eigenvalue weighted by Gasteiger charge is 2.57. The van der Waals surface area contributed by atoms with Gasteiger partial charge in [-0.15, -0.1) is 0 Å². The van der Waals surface area contributed by atoms with Crippen molar-refractivity contribution in [2.24, 2.45) is 5.41 Å². The number of fused-ring (bicyclic) bond motifs is 1. The summed E-state index contributed by atoms with van der Waals surface area (Å²) >= 11 is 0. The van der Waals surface area contributed by atoms with Gasteiger partial charge in [0, 0.05) is 26.2 Å².